The Morgan fingerprint density at radius 1 is 1.21 bits per heavy atom. The van der Waals surface area contributed by atoms with Gasteiger partial charge in [-0.1, -0.05) is 41.4 Å². The average Bonchev–Trinajstić information content (AvgIpc) is 3.07. The number of rotatable bonds is 4. The Labute approximate surface area is 143 Å². The molecule has 0 aliphatic heterocycles. The standard InChI is InChI=1S/C16H15ClN6O/c1-10-3-5-12(6-4-10)15-20-22-23(21-15)11(2)16(24)19-14-8-7-13(17)9-18-14/h3-9,11H,1-2H3,(H,18,19,24). The number of aryl methyl sites for hydroxylation is 1. The van der Waals surface area contributed by atoms with Crippen LogP contribution in [-0.4, -0.2) is 31.1 Å². The van der Waals surface area contributed by atoms with Crippen LogP contribution in [-0.2, 0) is 4.79 Å². The van der Waals surface area contributed by atoms with E-state index >= 15 is 0 Å². The predicted molar refractivity (Wildman–Crippen MR) is 90.6 cm³/mol. The summed E-state index contributed by atoms with van der Waals surface area (Å²) in [7, 11) is 0. The molecule has 0 aliphatic rings. The molecule has 122 valence electrons. The van der Waals surface area contributed by atoms with Crippen LogP contribution in [0.5, 0.6) is 0 Å². The molecule has 1 amide bonds. The zero-order chi connectivity index (χ0) is 17.1. The van der Waals surface area contributed by atoms with Crippen LogP contribution < -0.4 is 5.32 Å². The first-order chi connectivity index (χ1) is 11.5. The number of amides is 1. The van der Waals surface area contributed by atoms with E-state index in [0.29, 0.717) is 16.7 Å². The molecule has 0 spiro atoms. The van der Waals surface area contributed by atoms with Crippen LogP contribution in [0.15, 0.2) is 42.6 Å². The maximum Gasteiger partial charge on any atom is 0.252 e. The lowest BCUT2D eigenvalue weighted by Gasteiger charge is -2.10. The number of halogens is 1. The van der Waals surface area contributed by atoms with Crippen molar-refractivity contribution < 1.29 is 4.79 Å². The Morgan fingerprint density at radius 3 is 2.62 bits per heavy atom. The maximum atomic E-state index is 12.3. The molecule has 1 unspecified atom stereocenters. The van der Waals surface area contributed by atoms with Gasteiger partial charge in [-0.05, 0) is 31.2 Å². The van der Waals surface area contributed by atoms with E-state index in [1.807, 2.05) is 31.2 Å². The molecule has 2 aromatic heterocycles. The van der Waals surface area contributed by atoms with Gasteiger partial charge < -0.3 is 5.32 Å². The van der Waals surface area contributed by atoms with Gasteiger partial charge in [0, 0.05) is 11.8 Å². The third kappa shape index (κ3) is 3.57. The van der Waals surface area contributed by atoms with Crippen LogP contribution in [0.2, 0.25) is 5.02 Å². The van der Waals surface area contributed by atoms with E-state index < -0.39 is 6.04 Å². The van der Waals surface area contributed by atoms with Gasteiger partial charge in [0.1, 0.15) is 11.9 Å². The van der Waals surface area contributed by atoms with E-state index in [1.165, 1.54) is 11.0 Å². The fourth-order valence-corrected chi connectivity index (χ4v) is 2.10. The van der Waals surface area contributed by atoms with E-state index in [4.69, 9.17) is 11.6 Å². The van der Waals surface area contributed by atoms with Crippen LogP contribution in [0, 0.1) is 6.92 Å². The Kier molecular flexibility index (Phi) is 4.52. The van der Waals surface area contributed by atoms with Gasteiger partial charge >= 0.3 is 0 Å². The van der Waals surface area contributed by atoms with E-state index in [0.717, 1.165) is 11.1 Å². The van der Waals surface area contributed by atoms with Crippen LogP contribution in [0.3, 0.4) is 0 Å². The summed E-state index contributed by atoms with van der Waals surface area (Å²) in [6, 6.07) is 10.4. The molecule has 24 heavy (non-hydrogen) atoms. The number of hydrogen-bond acceptors (Lipinski definition) is 5. The third-order valence-corrected chi connectivity index (χ3v) is 3.67. The van der Waals surface area contributed by atoms with Crippen LogP contribution in [0.4, 0.5) is 5.82 Å². The van der Waals surface area contributed by atoms with Crippen LogP contribution >= 0.6 is 11.6 Å². The van der Waals surface area contributed by atoms with Gasteiger partial charge in [-0.2, -0.15) is 4.80 Å². The number of carbonyl (C=O) groups is 1. The van der Waals surface area contributed by atoms with Crippen molar-refractivity contribution in [2.24, 2.45) is 0 Å². The molecule has 0 bridgehead atoms. The molecular formula is C16H15ClN6O. The number of nitrogens with zero attached hydrogens (tertiary/aromatic N) is 5. The average molecular weight is 343 g/mol. The van der Waals surface area contributed by atoms with Gasteiger partial charge in [-0.25, -0.2) is 4.98 Å². The zero-order valence-electron chi connectivity index (χ0n) is 13.1. The molecule has 1 N–H and O–H groups in total. The number of benzene rings is 1. The van der Waals surface area contributed by atoms with Gasteiger partial charge in [0.15, 0.2) is 0 Å². The van der Waals surface area contributed by atoms with Gasteiger partial charge in [-0.3, -0.25) is 4.79 Å². The molecule has 0 saturated carbocycles. The maximum absolute atomic E-state index is 12.3. The first kappa shape index (κ1) is 16.1. The Bertz CT molecular complexity index is 844. The molecule has 1 atom stereocenters. The summed E-state index contributed by atoms with van der Waals surface area (Å²) in [5.41, 5.74) is 1.99. The number of anilines is 1. The van der Waals surface area contributed by atoms with Crippen LogP contribution in [0.25, 0.3) is 11.4 Å². The highest BCUT2D eigenvalue weighted by atomic mass is 35.5. The highest BCUT2D eigenvalue weighted by Gasteiger charge is 2.19. The van der Waals surface area contributed by atoms with Crippen molar-refractivity contribution in [1.29, 1.82) is 0 Å². The predicted octanol–water partition coefficient (Wildman–Crippen LogP) is 2.90. The fourth-order valence-electron chi connectivity index (χ4n) is 1.99. The number of carbonyl (C=O) groups excluding carboxylic acids is 1. The molecule has 2 heterocycles. The minimum atomic E-state index is -0.630. The molecule has 0 aliphatic carbocycles. The molecule has 0 saturated heterocycles. The highest BCUT2D eigenvalue weighted by molar-refractivity contribution is 6.30. The molecular weight excluding hydrogens is 328 g/mol. The van der Waals surface area contributed by atoms with Crippen molar-refractivity contribution in [1.82, 2.24) is 25.2 Å². The first-order valence-corrected chi connectivity index (χ1v) is 7.70. The fraction of sp³-hybridized carbons (Fsp3) is 0.188. The largest absolute Gasteiger partial charge is 0.309 e. The summed E-state index contributed by atoms with van der Waals surface area (Å²) >= 11 is 5.77. The van der Waals surface area contributed by atoms with Gasteiger partial charge in [0.05, 0.1) is 5.02 Å². The van der Waals surface area contributed by atoms with Gasteiger partial charge in [0.2, 0.25) is 5.82 Å². The SMILES string of the molecule is Cc1ccc(-c2nnn(C(C)C(=O)Nc3ccc(Cl)cn3)n2)cc1. The Balaban J connectivity index is 1.73. The van der Waals surface area contributed by atoms with E-state index in [-0.39, 0.29) is 5.91 Å². The normalized spacial score (nSPS) is 12.0. The number of aromatic nitrogens is 5. The second-order valence-corrected chi connectivity index (χ2v) is 5.76. The highest BCUT2D eigenvalue weighted by Crippen LogP contribution is 2.16. The second kappa shape index (κ2) is 6.76. The number of nitrogens with one attached hydrogen (secondary N) is 1. The Hall–Kier alpha value is -2.80. The summed E-state index contributed by atoms with van der Waals surface area (Å²) in [4.78, 5) is 17.6. The van der Waals surface area contributed by atoms with Crippen molar-refractivity contribution in [2.45, 2.75) is 19.9 Å². The lowest BCUT2D eigenvalue weighted by molar-refractivity contribution is -0.119. The van der Waals surface area contributed by atoms with E-state index in [1.54, 1.807) is 19.1 Å². The first-order valence-electron chi connectivity index (χ1n) is 7.32. The van der Waals surface area contributed by atoms with Crippen molar-refractivity contribution in [3.8, 4) is 11.4 Å². The monoisotopic (exact) mass is 342 g/mol. The molecule has 3 aromatic rings. The zero-order valence-corrected chi connectivity index (χ0v) is 13.9. The minimum absolute atomic E-state index is 0.294. The molecule has 1 aromatic carbocycles. The summed E-state index contributed by atoms with van der Waals surface area (Å²) < 4.78 is 0. The quantitative estimate of drug-likeness (QED) is 0.787. The summed E-state index contributed by atoms with van der Waals surface area (Å²) in [5, 5.41) is 15.4. The van der Waals surface area contributed by atoms with Crippen LogP contribution in [0.1, 0.15) is 18.5 Å². The third-order valence-electron chi connectivity index (χ3n) is 3.44. The van der Waals surface area contributed by atoms with Crippen molar-refractivity contribution in [3.63, 3.8) is 0 Å². The lowest BCUT2D eigenvalue weighted by atomic mass is 10.1. The smallest absolute Gasteiger partial charge is 0.252 e. The van der Waals surface area contributed by atoms with Crippen molar-refractivity contribution in [3.05, 3.63) is 53.2 Å². The summed E-state index contributed by atoms with van der Waals surface area (Å²) in [5.74, 6) is 0.590. The topological polar surface area (TPSA) is 85.6 Å². The lowest BCUT2D eigenvalue weighted by Crippen LogP contribution is -2.25. The van der Waals surface area contributed by atoms with Crippen molar-refractivity contribution in [2.75, 3.05) is 5.32 Å². The number of hydrogen-bond donors (Lipinski definition) is 1. The Morgan fingerprint density at radius 2 is 1.96 bits per heavy atom. The second-order valence-electron chi connectivity index (χ2n) is 5.33. The molecule has 3 rings (SSSR count). The van der Waals surface area contributed by atoms with Gasteiger partial charge in [-0.15, -0.1) is 10.2 Å². The van der Waals surface area contributed by atoms with Crippen molar-refractivity contribution >= 4 is 23.3 Å². The molecule has 7 nitrogen and oxygen atoms in total. The summed E-state index contributed by atoms with van der Waals surface area (Å²) in [6.45, 7) is 3.69. The van der Waals surface area contributed by atoms with E-state index in [9.17, 15) is 4.79 Å². The number of tetrazole rings is 1. The molecule has 0 radical (unpaired) electrons. The summed E-state index contributed by atoms with van der Waals surface area (Å²) in [6.07, 6.45) is 1.46. The molecule has 0 fully saturated rings. The number of pyridine rings is 1. The molecule has 8 heteroatoms. The van der Waals surface area contributed by atoms with Gasteiger partial charge in [0.25, 0.3) is 5.91 Å². The van der Waals surface area contributed by atoms with E-state index in [2.05, 4.69) is 25.7 Å². The minimum Gasteiger partial charge on any atom is -0.309 e.